The number of anilines is 3. The molecule has 0 bridgehead atoms. The highest BCUT2D eigenvalue weighted by atomic mass is 35.5. The van der Waals surface area contributed by atoms with Crippen molar-refractivity contribution in [2.75, 3.05) is 24.9 Å². The quantitative estimate of drug-likeness (QED) is 0.597. The molecule has 0 fully saturated rings. The van der Waals surface area contributed by atoms with E-state index >= 15 is 0 Å². The molecule has 0 radical (unpaired) electrons. The second-order valence-electron chi connectivity index (χ2n) is 5.65. The Bertz CT molecular complexity index is 975. The van der Waals surface area contributed by atoms with Crippen LogP contribution in [0.5, 0.6) is 11.5 Å². The maximum absolute atomic E-state index is 12.4. The monoisotopic (exact) mass is 403 g/mol. The number of carbonyl (C=O) groups is 1. The number of benzene rings is 2. The summed E-state index contributed by atoms with van der Waals surface area (Å²) in [5.41, 5.74) is 2.61. The third-order valence-electron chi connectivity index (χ3n) is 3.82. The van der Waals surface area contributed by atoms with Gasteiger partial charge in [0.15, 0.2) is 5.13 Å². The van der Waals surface area contributed by atoms with Crippen LogP contribution in [0.1, 0.15) is 16.1 Å². The van der Waals surface area contributed by atoms with Crippen molar-refractivity contribution in [2.24, 2.45) is 0 Å². The number of carbonyl (C=O) groups excluding carboxylic acids is 1. The van der Waals surface area contributed by atoms with E-state index in [9.17, 15) is 4.79 Å². The molecule has 2 N–H and O–H groups in total. The minimum absolute atomic E-state index is 0.305. The lowest BCUT2D eigenvalue weighted by Gasteiger charge is -2.10. The first-order valence-corrected chi connectivity index (χ1v) is 9.28. The topological polar surface area (TPSA) is 72.5 Å². The first-order valence-electron chi connectivity index (χ1n) is 8.02. The number of methoxy groups -OCH3 is 2. The molecule has 1 heterocycles. The zero-order valence-corrected chi connectivity index (χ0v) is 16.6. The van der Waals surface area contributed by atoms with Gasteiger partial charge in [-0.2, -0.15) is 0 Å². The molecule has 2 aromatic carbocycles. The molecule has 140 valence electrons. The zero-order valence-electron chi connectivity index (χ0n) is 15.0. The molecular weight excluding hydrogens is 386 g/mol. The van der Waals surface area contributed by atoms with Gasteiger partial charge in [-0.3, -0.25) is 4.79 Å². The van der Waals surface area contributed by atoms with E-state index in [2.05, 4.69) is 15.6 Å². The fraction of sp³-hybridized carbons (Fsp3) is 0.158. The highest BCUT2D eigenvalue weighted by Crippen LogP contribution is 2.32. The number of aromatic nitrogens is 1. The van der Waals surface area contributed by atoms with Crippen LogP contribution in [0.25, 0.3) is 0 Å². The predicted octanol–water partition coefficient (Wildman–Crippen LogP) is 5.12. The fourth-order valence-electron chi connectivity index (χ4n) is 2.32. The van der Waals surface area contributed by atoms with Crippen LogP contribution in [0.15, 0.2) is 41.8 Å². The minimum atomic E-state index is -0.305. The highest BCUT2D eigenvalue weighted by Gasteiger charge is 2.13. The summed E-state index contributed by atoms with van der Waals surface area (Å²) in [5, 5.41) is 8.80. The maximum atomic E-state index is 12.4. The van der Waals surface area contributed by atoms with Crippen LogP contribution in [-0.4, -0.2) is 25.1 Å². The number of nitrogens with one attached hydrogen (secondary N) is 2. The van der Waals surface area contributed by atoms with Crippen LogP contribution >= 0.6 is 22.9 Å². The molecule has 0 aliphatic carbocycles. The summed E-state index contributed by atoms with van der Waals surface area (Å²) in [7, 11) is 3.17. The van der Waals surface area contributed by atoms with E-state index in [0.717, 1.165) is 11.3 Å². The van der Waals surface area contributed by atoms with E-state index in [1.54, 1.807) is 37.8 Å². The SMILES string of the molecule is COc1ccc(Nc2nc(C(=O)Nc3ccc(C)c(Cl)c3)cs2)c(OC)c1. The molecular formula is C19H18ClN3O3S. The van der Waals surface area contributed by atoms with Gasteiger partial charge in [0.1, 0.15) is 17.2 Å². The Hall–Kier alpha value is -2.77. The van der Waals surface area contributed by atoms with E-state index in [1.165, 1.54) is 11.3 Å². The lowest BCUT2D eigenvalue weighted by molar-refractivity contribution is 0.102. The Kier molecular flexibility index (Phi) is 5.83. The van der Waals surface area contributed by atoms with Crippen molar-refractivity contribution in [3.8, 4) is 11.5 Å². The second kappa shape index (κ2) is 8.28. The summed E-state index contributed by atoms with van der Waals surface area (Å²) in [6.45, 7) is 1.90. The fourth-order valence-corrected chi connectivity index (χ4v) is 3.20. The van der Waals surface area contributed by atoms with Crippen molar-refractivity contribution in [3.63, 3.8) is 0 Å². The van der Waals surface area contributed by atoms with Gasteiger partial charge >= 0.3 is 0 Å². The number of halogens is 1. The maximum Gasteiger partial charge on any atom is 0.275 e. The van der Waals surface area contributed by atoms with Crippen LogP contribution in [0.3, 0.4) is 0 Å². The molecule has 6 nitrogen and oxygen atoms in total. The Labute approximate surface area is 166 Å². The van der Waals surface area contributed by atoms with Crippen molar-refractivity contribution < 1.29 is 14.3 Å². The van der Waals surface area contributed by atoms with Gasteiger partial charge in [0, 0.05) is 22.2 Å². The zero-order chi connectivity index (χ0) is 19.4. The van der Waals surface area contributed by atoms with E-state index in [-0.39, 0.29) is 5.91 Å². The number of amides is 1. The van der Waals surface area contributed by atoms with E-state index in [1.807, 2.05) is 25.1 Å². The van der Waals surface area contributed by atoms with Crippen LogP contribution in [0.4, 0.5) is 16.5 Å². The summed E-state index contributed by atoms with van der Waals surface area (Å²) in [6, 6.07) is 10.8. The van der Waals surface area contributed by atoms with Crippen molar-refractivity contribution >= 4 is 45.4 Å². The Morgan fingerprint density at radius 2 is 1.96 bits per heavy atom. The lowest BCUT2D eigenvalue weighted by atomic mass is 10.2. The Balaban J connectivity index is 1.72. The average molecular weight is 404 g/mol. The number of hydrogen-bond donors (Lipinski definition) is 2. The van der Waals surface area contributed by atoms with Crippen LogP contribution in [0.2, 0.25) is 5.02 Å². The van der Waals surface area contributed by atoms with Gasteiger partial charge in [-0.1, -0.05) is 17.7 Å². The molecule has 0 saturated heterocycles. The summed E-state index contributed by atoms with van der Waals surface area (Å²) in [4.78, 5) is 16.7. The molecule has 0 saturated carbocycles. The average Bonchev–Trinajstić information content (AvgIpc) is 3.14. The third kappa shape index (κ3) is 4.50. The van der Waals surface area contributed by atoms with E-state index in [0.29, 0.717) is 33.0 Å². The first-order chi connectivity index (χ1) is 13.0. The van der Waals surface area contributed by atoms with E-state index < -0.39 is 0 Å². The first kappa shape index (κ1) is 19.0. The second-order valence-corrected chi connectivity index (χ2v) is 6.91. The molecule has 27 heavy (non-hydrogen) atoms. The summed E-state index contributed by atoms with van der Waals surface area (Å²) < 4.78 is 10.5. The van der Waals surface area contributed by atoms with Gasteiger partial charge in [0.2, 0.25) is 0 Å². The van der Waals surface area contributed by atoms with Crippen LogP contribution in [0, 0.1) is 6.92 Å². The van der Waals surface area contributed by atoms with Crippen molar-refractivity contribution in [2.45, 2.75) is 6.92 Å². The van der Waals surface area contributed by atoms with Crippen molar-refractivity contribution in [3.05, 3.63) is 58.1 Å². The normalized spacial score (nSPS) is 10.4. The molecule has 1 amide bonds. The van der Waals surface area contributed by atoms with Gasteiger partial charge < -0.3 is 20.1 Å². The van der Waals surface area contributed by atoms with Crippen LogP contribution in [-0.2, 0) is 0 Å². The van der Waals surface area contributed by atoms with Gasteiger partial charge in [0.25, 0.3) is 5.91 Å². The molecule has 3 rings (SSSR count). The van der Waals surface area contributed by atoms with E-state index in [4.69, 9.17) is 21.1 Å². The summed E-state index contributed by atoms with van der Waals surface area (Å²) in [5.74, 6) is 0.999. The molecule has 3 aromatic rings. The Morgan fingerprint density at radius 3 is 2.67 bits per heavy atom. The molecule has 1 aromatic heterocycles. The number of rotatable bonds is 6. The molecule has 0 unspecified atom stereocenters. The summed E-state index contributed by atoms with van der Waals surface area (Å²) in [6.07, 6.45) is 0. The number of ether oxygens (including phenoxy) is 2. The third-order valence-corrected chi connectivity index (χ3v) is 4.98. The van der Waals surface area contributed by atoms with Crippen LogP contribution < -0.4 is 20.1 Å². The lowest BCUT2D eigenvalue weighted by Crippen LogP contribution is -2.12. The molecule has 8 heteroatoms. The number of hydrogen-bond acceptors (Lipinski definition) is 6. The predicted molar refractivity (Wildman–Crippen MR) is 109 cm³/mol. The standard InChI is InChI=1S/C19H18ClN3O3S/c1-11-4-5-12(8-14(11)20)21-18(24)16-10-27-19(23-16)22-15-7-6-13(25-2)9-17(15)26-3/h4-10H,1-3H3,(H,21,24)(H,22,23). The molecule has 0 spiro atoms. The highest BCUT2D eigenvalue weighted by molar-refractivity contribution is 7.14. The van der Waals surface area contributed by atoms with Gasteiger partial charge in [-0.25, -0.2) is 4.98 Å². The molecule has 0 aliphatic rings. The number of nitrogens with zero attached hydrogens (tertiary/aromatic N) is 1. The van der Waals surface area contributed by atoms with Gasteiger partial charge in [-0.05, 0) is 36.8 Å². The summed E-state index contributed by atoms with van der Waals surface area (Å²) >= 11 is 7.41. The van der Waals surface area contributed by atoms with Crippen molar-refractivity contribution in [1.29, 1.82) is 0 Å². The van der Waals surface area contributed by atoms with Crippen molar-refractivity contribution in [1.82, 2.24) is 4.98 Å². The molecule has 0 atom stereocenters. The largest absolute Gasteiger partial charge is 0.497 e. The van der Waals surface area contributed by atoms with Gasteiger partial charge in [0.05, 0.1) is 19.9 Å². The Morgan fingerprint density at radius 1 is 1.15 bits per heavy atom. The number of aryl methyl sites for hydroxylation is 1. The smallest absolute Gasteiger partial charge is 0.275 e. The molecule has 0 aliphatic heterocycles. The number of thiazole rings is 1. The minimum Gasteiger partial charge on any atom is -0.497 e. The van der Waals surface area contributed by atoms with Gasteiger partial charge in [-0.15, -0.1) is 11.3 Å².